The first kappa shape index (κ1) is 25.2. The molecule has 2 N–H and O–H groups in total. The summed E-state index contributed by atoms with van der Waals surface area (Å²) >= 11 is 0. The Balaban J connectivity index is 1.48. The van der Waals surface area contributed by atoms with Crippen LogP contribution in [0.2, 0.25) is 0 Å². The second-order valence-electron chi connectivity index (χ2n) is 8.42. The summed E-state index contributed by atoms with van der Waals surface area (Å²) in [6.45, 7) is 4.31. The van der Waals surface area contributed by atoms with Crippen molar-refractivity contribution in [3.05, 3.63) is 75.2 Å². The number of aliphatic hydroxyl groups is 1. The van der Waals surface area contributed by atoms with E-state index in [2.05, 4.69) is 11.6 Å². The number of nitrogens with one attached hydrogen (secondary N) is 1. The van der Waals surface area contributed by atoms with E-state index >= 15 is 4.39 Å². The van der Waals surface area contributed by atoms with Gasteiger partial charge in [-0.1, -0.05) is 12.6 Å². The number of carbonyl (C=O) groups excluding carboxylic acids is 1. The lowest BCUT2D eigenvalue weighted by Gasteiger charge is -2.23. The minimum absolute atomic E-state index is 0.0608. The van der Waals surface area contributed by atoms with Crippen LogP contribution in [0.1, 0.15) is 12.0 Å². The van der Waals surface area contributed by atoms with Crippen molar-refractivity contribution in [2.45, 2.75) is 32.0 Å². The Morgan fingerprint density at radius 2 is 1.81 bits per heavy atom. The quantitative estimate of drug-likeness (QED) is 0.504. The van der Waals surface area contributed by atoms with Gasteiger partial charge in [0, 0.05) is 32.3 Å². The summed E-state index contributed by atoms with van der Waals surface area (Å²) in [4.78, 5) is 42.5. The first-order valence-electron chi connectivity index (χ1n) is 11.2. The largest absolute Gasteiger partial charge is 0.391 e. The fraction of sp³-hybridized carbons (Fsp3) is 0.333. The van der Waals surface area contributed by atoms with Crippen molar-refractivity contribution in [2.75, 3.05) is 24.5 Å². The molecule has 0 unspecified atom stereocenters. The highest BCUT2D eigenvalue weighted by Crippen LogP contribution is 2.26. The molecule has 1 aromatic carbocycles. The van der Waals surface area contributed by atoms with Gasteiger partial charge in [0.25, 0.3) is 17.0 Å². The van der Waals surface area contributed by atoms with E-state index in [0.29, 0.717) is 11.1 Å². The van der Waals surface area contributed by atoms with Gasteiger partial charge in [0.05, 0.1) is 30.3 Å². The Hall–Kier alpha value is -3.93. The number of pyridine rings is 1. The van der Waals surface area contributed by atoms with Gasteiger partial charge in [-0.15, -0.1) is 0 Å². The Kier molecular flexibility index (Phi) is 7.25. The first-order chi connectivity index (χ1) is 17.2. The van der Waals surface area contributed by atoms with Crippen molar-refractivity contribution >= 4 is 28.1 Å². The van der Waals surface area contributed by atoms with Crippen LogP contribution in [0.5, 0.6) is 0 Å². The molecular weight excluding hydrogens is 479 g/mol. The lowest BCUT2D eigenvalue weighted by molar-refractivity contribution is -0.132. The predicted octanol–water partition coefficient (Wildman–Crippen LogP) is 1.36. The van der Waals surface area contributed by atoms with E-state index in [4.69, 9.17) is 0 Å². The number of nitrogens with zero attached hydrogens (tertiary/aromatic N) is 4. The molecule has 9 nitrogen and oxygen atoms in total. The van der Waals surface area contributed by atoms with E-state index in [1.807, 2.05) is 5.32 Å². The maximum absolute atomic E-state index is 15.1. The van der Waals surface area contributed by atoms with Crippen LogP contribution in [-0.2, 0) is 17.9 Å². The molecule has 0 saturated heterocycles. The van der Waals surface area contributed by atoms with Gasteiger partial charge in [-0.05, 0) is 35.4 Å². The number of anilines is 1. The van der Waals surface area contributed by atoms with Crippen LogP contribution in [0, 0.1) is 5.82 Å². The molecule has 2 aromatic heterocycles. The second-order valence-corrected chi connectivity index (χ2v) is 8.42. The third-order valence-corrected chi connectivity index (χ3v) is 6.05. The fourth-order valence-corrected chi connectivity index (χ4v) is 4.21. The van der Waals surface area contributed by atoms with E-state index in [1.165, 1.54) is 21.6 Å². The number of halogens is 3. The van der Waals surface area contributed by atoms with Crippen LogP contribution in [-0.4, -0.2) is 57.5 Å². The number of hydrogen-bond acceptors (Lipinski definition) is 6. The van der Waals surface area contributed by atoms with Gasteiger partial charge >= 0.3 is 6.43 Å². The van der Waals surface area contributed by atoms with Crippen LogP contribution in [0.25, 0.3) is 16.5 Å². The number of alkyl halides is 2. The van der Waals surface area contributed by atoms with Gasteiger partial charge in [-0.3, -0.25) is 19.4 Å². The van der Waals surface area contributed by atoms with Gasteiger partial charge in [0.15, 0.2) is 0 Å². The summed E-state index contributed by atoms with van der Waals surface area (Å²) in [5, 5.41) is 12.1. The zero-order chi connectivity index (χ0) is 26.0. The molecule has 12 heteroatoms. The number of amides is 1. The summed E-state index contributed by atoms with van der Waals surface area (Å²) in [5.74, 6) is -2.05. The number of benzene rings is 1. The smallest absolute Gasteiger partial charge is 0.315 e. The molecule has 36 heavy (non-hydrogen) atoms. The van der Waals surface area contributed by atoms with Crippen LogP contribution in [0.15, 0.2) is 52.7 Å². The summed E-state index contributed by atoms with van der Waals surface area (Å²) in [6, 6.07) is 7.54. The molecule has 1 atom stereocenters. The number of fused-ring (bicyclic) bond motifs is 2. The van der Waals surface area contributed by atoms with Crippen molar-refractivity contribution in [2.24, 2.45) is 0 Å². The monoisotopic (exact) mass is 503 g/mol. The number of hydrogen-bond donors (Lipinski definition) is 2. The predicted molar refractivity (Wildman–Crippen MR) is 128 cm³/mol. The molecule has 4 rings (SSSR count). The Morgan fingerprint density at radius 1 is 1.11 bits per heavy atom. The molecule has 3 heterocycles. The fourth-order valence-electron chi connectivity index (χ4n) is 4.21. The maximum atomic E-state index is 15.1. The number of rotatable bonds is 7. The Morgan fingerprint density at radius 3 is 2.47 bits per heavy atom. The molecule has 0 radical (unpaired) electrons. The summed E-state index contributed by atoms with van der Waals surface area (Å²) in [6.07, 6.45) is -2.96. The van der Waals surface area contributed by atoms with Gasteiger partial charge < -0.3 is 15.3 Å². The number of carbonyl (C=O) groups is 1. The molecule has 1 amide bonds. The van der Waals surface area contributed by atoms with E-state index in [-0.39, 0.29) is 66.9 Å². The summed E-state index contributed by atoms with van der Waals surface area (Å²) in [5.41, 5.74) is 0.403. The highest BCUT2D eigenvalue weighted by atomic mass is 19.3. The molecule has 0 spiro atoms. The molecular formula is C24H24F3N5O4. The van der Waals surface area contributed by atoms with Crippen molar-refractivity contribution in [1.29, 1.82) is 0 Å². The normalized spacial score (nSPS) is 14.4. The molecule has 0 saturated carbocycles. The average molecular weight is 503 g/mol. The van der Waals surface area contributed by atoms with Gasteiger partial charge in [-0.25, -0.2) is 13.8 Å². The van der Waals surface area contributed by atoms with Crippen molar-refractivity contribution in [3.63, 3.8) is 0 Å². The SMILES string of the molecule is C=C(C[C@@H](O)CNC(=O)C(F)F)c1ccc(N2CCn3c(=O)c4cccnc4c(=O)n3CC2)c(F)c1. The van der Waals surface area contributed by atoms with E-state index in [1.54, 1.807) is 29.2 Å². The van der Waals surface area contributed by atoms with E-state index in [9.17, 15) is 28.3 Å². The third kappa shape index (κ3) is 5.03. The highest BCUT2D eigenvalue weighted by molar-refractivity contribution is 5.79. The maximum Gasteiger partial charge on any atom is 0.315 e. The standard InChI is InChI=1S/C24H24F3N5O4/c1-14(11-16(33)13-29-22(34)21(26)27)15-4-5-19(18(25)12-15)30-7-9-31-23(35)17-3-2-6-28-20(17)24(36)32(31)10-8-30/h2-6,12,16,21,33H,1,7-11,13H2,(H,29,34)/t16-/m1/s1. The van der Waals surface area contributed by atoms with Gasteiger partial charge in [0.1, 0.15) is 11.3 Å². The minimum atomic E-state index is -3.18. The Bertz CT molecular complexity index is 1370. The van der Waals surface area contributed by atoms with E-state index < -0.39 is 24.3 Å². The van der Waals surface area contributed by atoms with Crippen LogP contribution in [0.3, 0.4) is 0 Å². The lowest BCUT2D eigenvalue weighted by atomic mass is 10.0. The van der Waals surface area contributed by atoms with Crippen molar-refractivity contribution < 1.29 is 23.1 Å². The van der Waals surface area contributed by atoms with Gasteiger partial charge in [0.2, 0.25) is 0 Å². The van der Waals surface area contributed by atoms with Crippen LogP contribution >= 0.6 is 0 Å². The summed E-state index contributed by atoms with van der Waals surface area (Å²) < 4.78 is 42.3. The summed E-state index contributed by atoms with van der Waals surface area (Å²) in [7, 11) is 0. The average Bonchev–Trinajstić information content (AvgIpc) is 3.09. The molecule has 1 aliphatic rings. The second kappa shape index (κ2) is 10.4. The molecule has 190 valence electrons. The third-order valence-electron chi connectivity index (χ3n) is 6.05. The van der Waals surface area contributed by atoms with Gasteiger partial charge in [-0.2, -0.15) is 8.78 Å². The molecule has 3 aromatic rings. The first-order valence-corrected chi connectivity index (χ1v) is 11.2. The van der Waals surface area contributed by atoms with E-state index in [0.717, 1.165) is 0 Å². The van der Waals surface area contributed by atoms with Crippen LogP contribution in [0.4, 0.5) is 18.9 Å². The Labute approximate surface area is 203 Å². The number of aliphatic hydroxyl groups excluding tert-OH is 1. The van der Waals surface area contributed by atoms with Crippen molar-refractivity contribution in [3.8, 4) is 0 Å². The molecule has 0 fully saturated rings. The zero-order valence-corrected chi connectivity index (χ0v) is 19.2. The topological polar surface area (TPSA) is 109 Å². The molecule has 1 aliphatic heterocycles. The number of aromatic nitrogens is 3. The van der Waals surface area contributed by atoms with Crippen LogP contribution < -0.4 is 21.3 Å². The van der Waals surface area contributed by atoms with Crippen molar-refractivity contribution in [1.82, 2.24) is 19.7 Å². The lowest BCUT2D eigenvalue weighted by Crippen LogP contribution is -2.39. The molecule has 0 aliphatic carbocycles. The zero-order valence-electron chi connectivity index (χ0n) is 19.2. The molecule has 0 bridgehead atoms. The highest BCUT2D eigenvalue weighted by Gasteiger charge is 2.22. The minimum Gasteiger partial charge on any atom is -0.391 e.